The molecule has 2 aromatic carbocycles. The van der Waals surface area contributed by atoms with Gasteiger partial charge in [0, 0.05) is 44.2 Å². The van der Waals surface area contributed by atoms with E-state index in [1.54, 1.807) is 22.8 Å². The van der Waals surface area contributed by atoms with Crippen molar-refractivity contribution in [2.24, 2.45) is 0 Å². The number of aryl methyl sites for hydroxylation is 1. The molecule has 1 amide bonds. The van der Waals surface area contributed by atoms with Gasteiger partial charge in [0.1, 0.15) is 11.4 Å². The molecule has 1 fully saturated rings. The van der Waals surface area contributed by atoms with Gasteiger partial charge in [-0.25, -0.2) is 9.18 Å². The number of benzene rings is 2. The maximum Gasteiger partial charge on any atom is 0.341 e. The number of pyridine rings is 1. The number of nitrogens with zero attached hydrogens (tertiary/aromatic N) is 2. The molecule has 1 saturated heterocycles. The number of rotatable bonds is 7. The average Bonchev–Trinajstić information content (AvgIpc) is 3.15. The molecule has 7 nitrogen and oxygen atoms in total. The first-order chi connectivity index (χ1) is 14.9. The first-order valence-corrected chi connectivity index (χ1v) is 10.4. The molecule has 0 bridgehead atoms. The molecule has 2 heterocycles. The van der Waals surface area contributed by atoms with Crippen LogP contribution in [0.15, 0.2) is 35.3 Å². The monoisotopic (exact) mass is 425 g/mol. The second kappa shape index (κ2) is 8.37. The number of amides is 1. The average molecular weight is 425 g/mol. The number of hydrogen-bond donors (Lipinski definition) is 2. The number of carboxylic acid groups (broad SMARTS) is 1. The molecule has 0 spiro atoms. The highest BCUT2D eigenvalue weighted by Gasteiger charge is 2.19. The summed E-state index contributed by atoms with van der Waals surface area (Å²) < 4.78 is 16.4. The van der Waals surface area contributed by atoms with Gasteiger partial charge in [0.05, 0.1) is 11.2 Å². The van der Waals surface area contributed by atoms with Crippen LogP contribution in [-0.4, -0.2) is 46.1 Å². The molecular weight excluding hydrogens is 401 g/mol. The number of carbonyl (C=O) groups excluding carboxylic acids is 1. The van der Waals surface area contributed by atoms with Crippen molar-refractivity contribution < 1.29 is 19.1 Å². The van der Waals surface area contributed by atoms with Gasteiger partial charge in [0.25, 0.3) is 0 Å². The Kier molecular flexibility index (Phi) is 5.63. The van der Waals surface area contributed by atoms with E-state index in [9.17, 15) is 23.9 Å². The summed E-state index contributed by atoms with van der Waals surface area (Å²) in [4.78, 5) is 37.5. The molecule has 4 rings (SSSR count). The summed E-state index contributed by atoms with van der Waals surface area (Å²) in [5.41, 5.74) is 0.0827. The van der Waals surface area contributed by atoms with Gasteiger partial charge in [-0.1, -0.05) is 0 Å². The molecular formula is C23H24FN3O4. The smallest absolute Gasteiger partial charge is 0.341 e. The van der Waals surface area contributed by atoms with E-state index < -0.39 is 17.2 Å². The third kappa shape index (κ3) is 3.97. The standard InChI is InChI=1S/C23H24FN3O4/c1-2-26-13-17(23(30)31)22(29)16-9-14-10-18(24)19(11-15(14)12-20(16)26)25-6-4-8-27-7-3-5-21(27)28/h9-13,25H,2-8H2,1H3,(H,30,31). The lowest BCUT2D eigenvalue weighted by atomic mass is 10.0. The van der Waals surface area contributed by atoms with Gasteiger partial charge >= 0.3 is 5.97 Å². The third-order valence-corrected chi connectivity index (χ3v) is 5.79. The number of aromatic carboxylic acids is 1. The second-order valence-corrected chi connectivity index (χ2v) is 7.78. The topological polar surface area (TPSA) is 91.6 Å². The first-order valence-electron chi connectivity index (χ1n) is 10.4. The minimum atomic E-state index is -1.28. The highest BCUT2D eigenvalue weighted by atomic mass is 19.1. The van der Waals surface area contributed by atoms with E-state index in [4.69, 9.17) is 0 Å². The second-order valence-electron chi connectivity index (χ2n) is 7.78. The number of halogens is 1. The molecule has 0 unspecified atom stereocenters. The molecule has 0 radical (unpaired) electrons. The lowest BCUT2D eigenvalue weighted by Crippen LogP contribution is -2.27. The Labute approximate surface area is 178 Å². The highest BCUT2D eigenvalue weighted by molar-refractivity contribution is 6.00. The number of carbonyl (C=O) groups is 2. The number of hydrogen-bond acceptors (Lipinski definition) is 4. The third-order valence-electron chi connectivity index (χ3n) is 5.79. The zero-order valence-corrected chi connectivity index (χ0v) is 17.3. The molecule has 1 aliphatic rings. The molecule has 1 aliphatic heterocycles. The van der Waals surface area contributed by atoms with Crippen molar-refractivity contribution in [3.8, 4) is 0 Å². The van der Waals surface area contributed by atoms with E-state index in [0.717, 1.165) is 18.4 Å². The van der Waals surface area contributed by atoms with Crippen LogP contribution in [0.1, 0.15) is 36.5 Å². The Morgan fingerprint density at radius 1 is 1.19 bits per heavy atom. The summed E-state index contributed by atoms with van der Waals surface area (Å²) in [5, 5.41) is 13.9. The molecule has 2 N–H and O–H groups in total. The van der Waals surface area contributed by atoms with Crippen LogP contribution in [0.25, 0.3) is 21.7 Å². The summed E-state index contributed by atoms with van der Waals surface area (Å²) in [6.07, 6.45) is 3.57. The normalized spacial score (nSPS) is 14.0. The van der Waals surface area contributed by atoms with E-state index in [0.29, 0.717) is 49.1 Å². The maximum atomic E-state index is 14.7. The van der Waals surface area contributed by atoms with Crippen molar-refractivity contribution in [2.45, 2.75) is 32.7 Å². The van der Waals surface area contributed by atoms with Crippen LogP contribution in [-0.2, 0) is 11.3 Å². The molecule has 0 saturated carbocycles. The Morgan fingerprint density at radius 2 is 1.97 bits per heavy atom. The molecule has 1 aromatic heterocycles. The van der Waals surface area contributed by atoms with Crippen LogP contribution in [0.2, 0.25) is 0 Å². The van der Waals surface area contributed by atoms with E-state index in [1.807, 2.05) is 11.8 Å². The van der Waals surface area contributed by atoms with Gasteiger partial charge in [0.2, 0.25) is 11.3 Å². The van der Waals surface area contributed by atoms with Gasteiger partial charge < -0.3 is 19.9 Å². The molecule has 31 heavy (non-hydrogen) atoms. The summed E-state index contributed by atoms with van der Waals surface area (Å²) in [6.45, 7) is 4.33. The SMILES string of the molecule is CCn1cc(C(=O)O)c(=O)c2cc3cc(F)c(NCCCN4CCCC4=O)cc3cc21. The van der Waals surface area contributed by atoms with Gasteiger partial charge in [-0.2, -0.15) is 0 Å². The predicted octanol–water partition coefficient (Wildman–Crippen LogP) is 3.44. The number of aromatic nitrogens is 1. The lowest BCUT2D eigenvalue weighted by Gasteiger charge is -2.16. The molecule has 162 valence electrons. The fourth-order valence-corrected chi connectivity index (χ4v) is 4.14. The van der Waals surface area contributed by atoms with Crippen LogP contribution in [0.5, 0.6) is 0 Å². The zero-order valence-electron chi connectivity index (χ0n) is 17.3. The van der Waals surface area contributed by atoms with Crippen LogP contribution in [0, 0.1) is 5.82 Å². The van der Waals surface area contributed by atoms with Gasteiger partial charge in [0.15, 0.2) is 0 Å². The van der Waals surface area contributed by atoms with Gasteiger partial charge in [-0.15, -0.1) is 0 Å². The Hall–Kier alpha value is -3.42. The van der Waals surface area contributed by atoms with Crippen molar-refractivity contribution in [1.82, 2.24) is 9.47 Å². The number of anilines is 1. The number of likely N-dealkylation sites (tertiary alicyclic amines) is 1. The lowest BCUT2D eigenvalue weighted by molar-refractivity contribution is -0.127. The molecule has 8 heteroatoms. The fraction of sp³-hybridized carbons (Fsp3) is 0.348. The number of nitrogens with one attached hydrogen (secondary N) is 1. The van der Waals surface area contributed by atoms with Crippen LogP contribution in [0.4, 0.5) is 10.1 Å². The van der Waals surface area contributed by atoms with E-state index >= 15 is 0 Å². The zero-order chi connectivity index (χ0) is 22.1. The van der Waals surface area contributed by atoms with Crippen molar-refractivity contribution in [2.75, 3.05) is 25.0 Å². The van der Waals surface area contributed by atoms with Crippen LogP contribution in [0.3, 0.4) is 0 Å². The summed E-state index contributed by atoms with van der Waals surface area (Å²) >= 11 is 0. The minimum Gasteiger partial charge on any atom is -0.477 e. The molecule has 0 aliphatic carbocycles. The van der Waals surface area contributed by atoms with E-state index in [2.05, 4.69) is 5.32 Å². The predicted molar refractivity (Wildman–Crippen MR) is 117 cm³/mol. The fourth-order valence-electron chi connectivity index (χ4n) is 4.14. The van der Waals surface area contributed by atoms with Gasteiger partial charge in [-0.3, -0.25) is 9.59 Å². The van der Waals surface area contributed by atoms with Crippen molar-refractivity contribution in [3.63, 3.8) is 0 Å². The Bertz CT molecular complexity index is 1250. The Balaban J connectivity index is 1.63. The quantitative estimate of drug-likeness (QED) is 0.447. The summed E-state index contributed by atoms with van der Waals surface area (Å²) in [5.74, 6) is -1.55. The van der Waals surface area contributed by atoms with Gasteiger partial charge in [-0.05, 0) is 54.8 Å². The minimum absolute atomic E-state index is 0.178. The van der Waals surface area contributed by atoms with Crippen LogP contribution < -0.4 is 10.7 Å². The largest absolute Gasteiger partial charge is 0.477 e. The van der Waals surface area contributed by atoms with Crippen molar-refractivity contribution in [3.05, 3.63) is 52.1 Å². The molecule has 0 atom stereocenters. The maximum absolute atomic E-state index is 14.7. The number of fused-ring (bicyclic) bond motifs is 2. The van der Waals surface area contributed by atoms with Crippen molar-refractivity contribution in [1.29, 1.82) is 0 Å². The van der Waals surface area contributed by atoms with E-state index in [-0.39, 0.29) is 16.9 Å². The molecule has 3 aromatic rings. The number of carboxylic acids is 1. The summed E-state index contributed by atoms with van der Waals surface area (Å²) in [6, 6.07) is 6.39. The first kappa shape index (κ1) is 20.8. The van der Waals surface area contributed by atoms with Crippen LogP contribution >= 0.6 is 0 Å². The summed E-state index contributed by atoms with van der Waals surface area (Å²) in [7, 11) is 0. The highest BCUT2D eigenvalue weighted by Crippen LogP contribution is 2.27. The van der Waals surface area contributed by atoms with E-state index in [1.165, 1.54) is 12.3 Å². The van der Waals surface area contributed by atoms with Crippen molar-refractivity contribution >= 4 is 39.2 Å². The Morgan fingerprint density at radius 3 is 2.65 bits per heavy atom.